The van der Waals surface area contributed by atoms with Gasteiger partial charge in [-0.15, -0.1) is 0 Å². The van der Waals surface area contributed by atoms with E-state index in [1.54, 1.807) is 18.5 Å². The molecule has 2 saturated heterocycles. The minimum atomic E-state index is -0.188. The van der Waals surface area contributed by atoms with Gasteiger partial charge in [0.25, 0.3) is 5.56 Å². The summed E-state index contributed by atoms with van der Waals surface area (Å²) in [6, 6.07) is 5.86. The highest BCUT2D eigenvalue weighted by Gasteiger charge is 2.28. The van der Waals surface area contributed by atoms with E-state index in [1.807, 2.05) is 24.8 Å². The van der Waals surface area contributed by atoms with E-state index < -0.39 is 0 Å². The first kappa shape index (κ1) is 23.7. The van der Waals surface area contributed by atoms with Crippen LogP contribution in [0.5, 0.6) is 0 Å². The first-order valence-electron chi connectivity index (χ1n) is 11.8. The monoisotopic (exact) mass is 465 g/mol. The van der Waals surface area contributed by atoms with Crippen LogP contribution in [0.3, 0.4) is 0 Å². The highest BCUT2D eigenvalue weighted by atomic mass is 16.5. The zero-order chi connectivity index (χ0) is 24.1. The van der Waals surface area contributed by atoms with Crippen molar-refractivity contribution in [3.63, 3.8) is 0 Å². The predicted octanol–water partition coefficient (Wildman–Crippen LogP) is 1.46. The molecule has 10 nitrogen and oxygen atoms in total. The second kappa shape index (κ2) is 10.7. The van der Waals surface area contributed by atoms with Crippen LogP contribution in [0.4, 0.5) is 11.5 Å². The van der Waals surface area contributed by atoms with Crippen LogP contribution in [0.15, 0.2) is 29.3 Å². The number of nitrogens with zero attached hydrogens (tertiary/aromatic N) is 6. The number of pyridine rings is 1. The molecule has 4 heterocycles. The third-order valence-corrected chi connectivity index (χ3v) is 6.63. The Morgan fingerprint density at radius 3 is 2.76 bits per heavy atom. The highest BCUT2D eigenvalue weighted by Crippen LogP contribution is 2.26. The maximum atomic E-state index is 12.8. The number of carbonyl (C=O) groups is 1. The number of H-pyrrole nitrogens is 1. The molecule has 1 N–H and O–H groups in total. The molecular formula is C24H31N7O3. The molecule has 0 bridgehead atoms. The van der Waals surface area contributed by atoms with Crippen molar-refractivity contribution in [1.82, 2.24) is 20.1 Å². The second-order valence-corrected chi connectivity index (χ2v) is 8.93. The first-order valence-corrected chi connectivity index (χ1v) is 11.8. The van der Waals surface area contributed by atoms with Crippen molar-refractivity contribution in [1.29, 1.82) is 5.26 Å². The van der Waals surface area contributed by atoms with E-state index in [9.17, 15) is 9.59 Å². The molecule has 2 aliphatic rings. The molecule has 0 radical (unpaired) electrons. The molecule has 0 saturated carbocycles. The molecule has 2 aromatic rings. The molecule has 2 aromatic heterocycles. The summed E-state index contributed by atoms with van der Waals surface area (Å²) in [6.07, 6.45) is 5.45. The fourth-order valence-corrected chi connectivity index (χ4v) is 4.60. The predicted molar refractivity (Wildman–Crippen MR) is 128 cm³/mol. The van der Waals surface area contributed by atoms with Gasteiger partial charge in [0.15, 0.2) is 0 Å². The number of piperazine rings is 1. The van der Waals surface area contributed by atoms with Crippen LogP contribution in [0.2, 0.25) is 0 Å². The second-order valence-electron chi connectivity index (χ2n) is 8.93. The summed E-state index contributed by atoms with van der Waals surface area (Å²) in [5, 5.41) is 15.3. The maximum absolute atomic E-state index is 12.8. The summed E-state index contributed by atoms with van der Waals surface area (Å²) in [4.78, 5) is 35.3. The lowest BCUT2D eigenvalue weighted by molar-refractivity contribution is -0.134. The van der Waals surface area contributed by atoms with Gasteiger partial charge in [-0.05, 0) is 38.8 Å². The Balaban J connectivity index is 1.24. The van der Waals surface area contributed by atoms with Gasteiger partial charge in [0.1, 0.15) is 11.9 Å². The number of anilines is 2. The van der Waals surface area contributed by atoms with Crippen molar-refractivity contribution < 1.29 is 9.53 Å². The van der Waals surface area contributed by atoms with E-state index in [0.717, 1.165) is 30.9 Å². The van der Waals surface area contributed by atoms with Crippen LogP contribution in [-0.4, -0.2) is 77.5 Å². The van der Waals surface area contributed by atoms with Crippen molar-refractivity contribution in [2.45, 2.75) is 45.3 Å². The van der Waals surface area contributed by atoms with Gasteiger partial charge in [-0.1, -0.05) is 0 Å². The highest BCUT2D eigenvalue weighted by molar-refractivity contribution is 5.77. The standard InChI is InChI=1S/C24H31N7O3/c1-17(34-16-20-4-3-7-31(20)21-15-27-28-24(33)18(21)2)12-23(32)30-10-8-29(9-11-30)22-6-5-19(13-25)14-26-22/h5-6,14-15,17,20H,3-4,7-12,16H2,1-2H3,(H,28,33)/t17-,20+/m1/s1. The third kappa shape index (κ3) is 5.37. The molecule has 10 heteroatoms. The Hall–Kier alpha value is -3.45. The lowest BCUT2D eigenvalue weighted by Gasteiger charge is -2.36. The number of hydrogen-bond acceptors (Lipinski definition) is 8. The van der Waals surface area contributed by atoms with Gasteiger partial charge in [0, 0.05) is 44.5 Å². The smallest absolute Gasteiger partial charge is 0.269 e. The Morgan fingerprint density at radius 1 is 1.26 bits per heavy atom. The van der Waals surface area contributed by atoms with E-state index in [4.69, 9.17) is 10.00 Å². The van der Waals surface area contributed by atoms with Crippen LogP contribution in [0.25, 0.3) is 0 Å². The molecule has 2 fully saturated rings. The summed E-state index contributed by atoms with van der Waals surface area (Å²) < 4.78 is 6.08. The molecule has 0 aromatic carbocycles. The average molecular weight is 466 g/mol. The van der Waals surface area contributed by atoms with Crippen molar-refractivity contribution in [3.05, 3.63) is 46.0 Å². The molecule has 34 heavy (non-hydrogen) atoms. The minimum absolute atomic E-state index is 0.0952. The van der Waals surface area contributed by atoms with Gasteiger partial charge in [-0.2, -0.15) is 10.4 Å². The topological polar surface area (TPSA) is 118 Å². The van der Waals surface area contributed by atoms with Gasteiger partial charge in [-0.3, -0.25) is 9.59 Å². The zero-order valence-electron chi connectivity index (χ0n) is 19.7. The maximum Gasteiger partial charge on any atom is 0.269 e. The van der Waals surface area contributed by atoms with Crippen molar-refractivity contribution in [2.24, 2.45) is 0 Å². The van der Waals surface area contributed by atoms with E-state index >= 15 is 0 Å². The molecule has 2 aliphatic heterocycles. The molecule has 0 aliphatic carbocycles. The van der Waals surface area contributed by atoms with Crippen molar-refractivity contribution in [3.8, 4) is 6.07 Å². The number of nitrogens with one attached hydrogen (secondary N) is 1. The number of ether oxygens (including phenoxy) is 1. The quantitative estimate of drug-likeness (QED) is 0.653. The summed E-state index contributed by atoms with van der Waals surface area (Å²) in [7, 11) is 0. The van der Waals surface area contributed by atoms with E-state index in [2.05, 4.69) is 31.1 Å². The van der Waals surface area contributed by atoms with E-state index in [-0.39, 0.29) is 23.6 Å². The summed E-state index contributed by atoms with van der Waals surface area (Å²) in [6.45, 7) is 7.82. The normalized spacial score (nSPS) is 19.2. The number of aromatic amines is 1. The number of amides is 1. The fourth-order valence-electron chi connectivity index (χ4n) is 4.60. The van der Waals surface area contributed by atoms with Crippen molar-refractivity contribution in [2.75, 3.05) is 49.1 Å². The fraction of sp³-hybridized carbons (Fsp3) is 0.542. The Morgan fingerprint density at radius 2 is 2.06 bits per heavy atom. The SMILES string of the molecule is Cc1c(N2CCC[C@H]2CO[C@H](C)CC(=O)N2CCN(c3ccc(C#N)cn3)CC2)cn[nH]c1=O. The number of rotatable bonds is 7. The number of carbonyl (C=O) groups excluding carboxylic acids is 1. The summed E-state index contributed by atoms with van der Waals surface area (Å²) in [5.41, 5.74) is 1.89. The largest absolute Gasteiger partial charge is 0.376 e. The van der Waals surface area contributed by atoms with E-state index in [1.165, 1.54) is 0 Å². The van der Waals surface area contributed by atoms with E-state index in [0.29, 0.717) is 50.3 Å². The molecule has 1 amide bonds. The lowest BCUT2D eigenvalue weighted by atomic mass is 10.2. The van der Waals surface area contributed by atoms with Crippen LogP contribution in [-0.2, 0) is 9.53 Å². The number of hydrogen-bond donors (Lipinski definition) is 1. The molecule has 180 valence electrons. The summed E-state index contributed by atoms with van der Waals surface area (Å²) in [5.74, 6) is 0.924. The molecule has 4 rings (SSSR count). The van der Waals surface area contributed by atoms with Gasteiger partial charge in [-0.25, -0.2) is 10.1 Å². The van der Waals surface area contributed by atoms with Gasteiger partial charge in [0.2, 0.25) is 5.91 Å². The minimum Gasteiger partial charge on any atom is -0.376 e. The van der Waals surface area contributed by atoms with Gasteiger partial charge < -0.3 is 19.4 Å². The van der Waals surface area contributed by atoms with Crippen LogP contribution in [0.1, 0.15) is 37.3 Å². The zero-order valence-corrected chi connectivity index (χ0v) is 19.7. The summed E-state index contributed by atoms with van der Waals surface area (Å²) >= 11 is 0. The molecule has 0 unspecified atom stereocenters. The van der Waals surface area contributed by atoms with Crippen molar-refractivity contribution >= 4 is 17.4 Å². The van der Waals surface area contributed by atoms with Crippen LogP contribution < -0.4 is 15.4 Å². The molecule has 0 spiro atoms. The molecular weight excluding hydrogens is 434 g/mol. The number of nitriles is 1. The Labute approximate surface area is 199 Å². The molecule has 2 atom stereocenters. The third-order valence-electron chi connectivity index (χ3n) is 6.63. The first-order chi connectivity index (χ1) is 16.5. The van der Waals surface area contributed by atoms with Crippen LogP contribution in [0, 0.1) is 18.3 Å². The Kier molecular flexibility index (Phi) is 7.43. The average Bonchev–Trinajstić information content (AvgIpc) is 3.33. The lowest BCUT2D eigenvalue weighted by Crippen LogP contribution is -2.49. The van der Waals surface area contributed by atoms with Gasteiger partial charge >= 0.3 is 0 Å². The van der Waals surface area contributed by atoms with Gasteiger partial charge in [0.05, 0.1) is 42.6 Å². The van der Waals surface area contributed by atoms with Crippen LogP contribution >= 0.6 is 0 Å². The number of aromatic nitrogens is 3. The Bertz CT molecular complexity index is 1090.